The molecule has 28 heavy (non-hydrogen) atoms. The molecule has 7 heteroatoms. The summed E-state index contributed by atoms with van der Waals surface area (Å²) >= 11 is 0. The number of benzene rings is 1. The molecule has 3 heterocycles. The Kier molecular flexibility index (Phi) is 3.83. The Morgan fingerprint density at radius 1 is 1.32 bits per heavy atom. The van der Waals surface area contributed by atoms with Gasteiger partial charge in [0.2, 0.25) is 0 Å². The molecule has 0 bridgehead atoms. The average molecular weight is 370 g/mol. The smallest absolute Gasteiger partial charge is 0.181 e. The highest BCUT2D eigenvalue weighted by Crippen LogP contribution is 2.35. The van der Waals surface area contributed by atoms with E-state index in [0.29, 0.717) is 11.3 Å². The van der Waals surface area contributed by atoms with E-state index in [1.54, 1.807) is 12.4 Å². The predicted molar refractivity (Wildman–Crippen MR) is 105 cm³/mol. The number of H-pyrrole nitrogens is 1. The van der Waals surface area contributed by atoms with Crippen molar-refractivity contribution in [1.82, 2.24) is 20.2 Å². The molecule has 138 valence electrons. The Balaban J connectivity index is 1.51. The third-order valence-corrected chi connectivity index (χ3v) is 5.44. The monoisotopic (exact) mass is 370 g/mol. The van der Waals surface area contributed by atoms with Gasteiger partial charge in [0.1, 0.15) is 11.8 Å². The summed E-state index contributed by atoms with van der Waals surface area (Å²) in [6, 6.07) is 8.47. The van der Waals surface area contributed by atoms with Gasteiger partial charge in [0.05, 0.1) is 29.0 Å². The van der Waals surface area contributed by atoms with E-state index in [0.717, 1.165) is 52.8 Å². The minimum Gasteiger partial charge on any atom is -0.442 e. The highest BCUT2D eigenvalue weighted by molar-refractivity contribution is 5.93. The molecule has 5 rings (SSSR count). The maximum Gasteiger partial charge on any atom is 0.181 e. The van der Waals surface area contributed by atoms with E-state index in [4.69, 9.17) is 4.42 Å². The Bertz CT molecular complexity index is 1200. The number of rotatable bonds is 3. The first-order valence-electron chi connectivity index (χ1n) is 9.26. The first-order valence-corrected chi connectivity index (χ1v) is 9.26. The lowest BCUT2D eigenvalue weighted by Gasteiger charge is -2.27. The summed E-state index contributed by atoms with van der Waals surface area (Å²) in [7, 11) is 0. The number of oxazole rings is 1. The van der Waals surface area contributed by atoms with Crippen LogP contribution < -0.4 is 5.32 Å². The van der Waals surface area contributed by atoms with E-state index < -0.39 is 0 Å². The van der Waals surface area contributed by atoms with Crippen LogP contribution in [-0.2, 0) is 6.42 Å². The van der Waals surface area contributed by atoms with Gasteiger partial charge in [-0.25, -0.2) is 4.98 Å². The molecule has 3 aromatic heterocycles. The molecule has 0 radical (unpaired) electrons. The number of hydrogen-bond acceptors (Lipinski definition) is 6. The number of nitrogens with zero attached hydrogens (tertiary/aromatic N) is 4. The summed E-state index contributed by atoms with van der Waals surface area (Å²) in [5.41, 5.74) is 6.64. The number of aromatic nitrogens is 4. The standard InChI is InChI=1S/C21H18N6O/c1-12-13(8-22)9-24-20-15(12)3-2-4-18(20)25-14-5-6-17-16(7-14)21(27-26-17)19-10-23-11-28-19/h5-7,9-11,18,25H,2-4H2,1H3,(H,26,27)/t18-/m0/s1. The number of hydrogen-bond donors (Lipinski definition) is 2. The molecule has 1 aromatic carbocycles. The molecule has 0 amide bonds. The summed E-state index contributed by atoms with van der Waals surface area (Å²) in [5, 5.41) is 21.3. The minimum absolute atomic E-state index is 0.119. The van der Waals surface area contributed by atoms with Crippen LogP contribution in [0.3, 0.4) is 0 Å². The molecule has 1 aliphatic carbocycles. The molecular weight excluding hydrogens is 352 g/mol. The Morgan fingerprint density at radius 3 is 3.07 bits per heavy atom. The van der Waals surface area contributed by atoms with Crippen LogP contribution >= 0.6 is 0 Å². The van der Waals surface area contributed by atoms with Crippen LogP contribution in [0.1, 0.15) is 41.3 Å². The van der Waals surface area contributed by atoms with Gasteiger partial charge in [-0.05, 0) is 55.5 Å². The molecule has 1 atom stereocenters. The van der Waals surface area contributed by atoms with Gasteiger partial charge in [-0.3, -0.25) is 10.1 Å². The van der Waals surface area contributed by atoms with Gasteiger partial charge in [0.15, 0.2) is 12.2 Å². The normalized spacial score (nSPS) is 15.9. The van der Waals surface area contributed by atoms with E-state index in [-0.39, 0.29) is 6.04 Å². The molecule has 0 fully saturated rings. The topological polar surface area (TPSA) is 103 Å². The van der Waals surface area contributed by atoms with Crippen LogP contribution in [0.15, 0.2) is 41.4 Å². The predicted octanol–water partition coefficient (Wildman–Crippen LogP) is 4.28. The summed E-state index contributed by atoms with van der Waals surface area (Å²) in [6.07, 6.45) is 7.80. The summed E-state index contributed by atoms with van der Waals surface area (Å²) in [6.45, 7) is 2.02. The lowest BCUT2D eigenvalue weighted by atomic mass is 9.87. The number of fused-ring (bicyclic) bond motifs is 2. The fourth-order valence-electron chi connectivity index (χ4n) is 3.98. The largest absolute Gasteiger partial charge is 0.442 e. The van der Waals surface area contributed by atoms with Crippen LogP contribution in [0.25, 0.3) is 22.4 Å². The van der Waals surface area contributed by atoms with Crippen molar-refractivity contribution in [2.45, 2.75) is 32.2 Å². The maximum absolute atomic E-state index is 9.28. The minimum atomic E-state index is 0.119. The highest BCUT2D eigenvalue weighted by Gasteiger charge is 2.24. The third-order valence-electron chi connectivity index (χ3n) is 5.44. The zero-order valence-corrected chi connectivity index (χ0v) is 15.4. The van der Waals surface area contributed by atoms with Crippen molar-refractivity contribution in [1.29, 1.82) is 5.26 Å². The van der Waals surface area contributed by atoms with Crippen molar-refractivity contribution < 1.29 is 4.42 Å². The van der Waals surface area contributed by atoms with Gasteiger partial charge in [-0.2, -0.15) is 10.4 Å². The summed E-state index contributed by atoms with van der Waals surface area (Å²) in [4.78, 5) is 8.59. The molecular formula is C21H18N6O. The molecule has 0 saturated heterocycles. The van der Waals surface area contributed by atoms with Gasteiger partial charge >= 0.3 is 0 Å². The van der Waals surface area contributed by atoms with E-state index in [9.17, 15) is 5.26 Å². The number of aromatic amines is 1. The second-order valence-corrected chi connectivity index (χ2v) is 7.06. The first-order chi connectivity index (χ1) is 13.7. The molecule has 0 aliphatic heterocycles. The molecule has 7 nitrogen and oxygen atoms in total. The van der Waals surface area contributed by atoms with Gasteiger partial charge in [0.25, 0.3) is 0 Å². The first kappa shape index (κ1) is 16.5. The number of nitriles is 1. The fraction of sp³-hybridized carbons (Fsp3) is 0.238. The lowest BCUT2D eigenvalue weighted by molar-refractivity contribution is 0.570. The second-order valence-electron chi connectivity index (χ2n) is 7.06. The van der Waals surface area contributed by atoms with Crippen molar-refractivity contribution in [3.63, 3.8) is 0 Å². The van der Waals surface area contributed by atoms with Gasteiger partial charge < -0.3 is 9.73 Å². The second kappa shape index (κ2) is 6.50. The van der Waals surface area contributed by atoms with Crippen LogP contribution in [0.2, 0.25) is 0 Å². The van der Waals surface area contributed by atoms with Gasteiger partial charge in [-0.15, -0.1) is 0 Å². The Morgan fingerprint density at radius 2 is 2.25 bits per heavy atom. The Labute approximate surface area is 161 Å². The molecule has 0 unspecified atom stereocenters. The molecule has 1 aliphatic rings. The van der Waals surface area contributed by atoms with Gasteiger partial charge in [0, 0.05) is 17.3 Å². The van der Waals surface area contributed by atoms with Crippen molar-refractivity contribution in [3.8, 4) is 17.5 Å². The van der Waals surface area contributed by atoms with E-state index in [1.165, 1.54) is 12.0 Å². The SMILES string of the molecule is Cc1c(C#N)cnc2c1CCC[C@@H]2Nc1ccc2[nH]nc(-c3cnco3)c2c1. The number of anilines is 1. The Hall–Kier alpha value is -3.66. The van der Waals surface area contributed by atoms with E-state index >= 15 is 0 Å². The van der Waals surface area contributed by atoms with Crippen molar-refractivity contribution in [3.05, 3.63) is 59.4 Å². The van der Waals surface area contributed by atoms with Crippen LogP contribution in [0.5, 0.6) is 0 Å². The third kappa shape index (κ3) is 2.62. The fourth-order valence-corrected chi connectivity index (χ4v) is 3.98. The molecule has 2 N–H and O–H groups in total. The zero-order valence-electron chi connectivity index (χ0n) is 15.4. The van der Waals surface area contributed by atoms with Crippen LogP contribution in [0, 0.1) is 18.3 Å². The summed E-state index contributed by atoms with van der Waals surface area (Å²) in [5.74, 6) is 0.632. The highest BCUT2D eigenvalue weighted by atomic mass is 16.3. The van der Waals surface area contributed by atoms with Crippen molar-refractivity contribution in [2.75, 3.05) is 5.32 Å². The molecule has 0 spiro atoms. The van der Waals surface area contributed by atoms with E-state index in [1.807, 2.05) is 19.1 Å². The van der Waals surface area contributed by atoms with Gasteiger partial charge in [-0.1, -0.05) is 0 Å². The average Bonchev–Trinajstić information content (AvgIpc) is 3.38. The maximum atomic E-state index is 9.28. The number of nitrogens with one attached hydrogen (secondary N) is 2. The van der Waals surface area contributed by atoms with Crippen molar-refractivity contribution in [2.24, 2.45) is 0 Å². The lowest BCUT2D eigenvalue weighted by Crippen LogP contribution is -2.20. The van der Waals surface area contributed by atoms with Crippen molar-refractivity contribution >= 4 is 16.6 Å². The van der Waals surface area contributed by atoms with Crippen LogP contribution in [0.4, 0.5) is 5.69 Å². The molecule has 0 saturated carbocycles. The van der Waals surface area contributed by atoms with E-state index in [2.05, 4.69) is 37.6 Å². The quantitative estimate of drug-likeness (QED) is 0.558. The zero-order chi connectivity index (χ0) is 19.1. The number of pyridine rings is 1. The van der Waals surface area contributed by atoms with Crippen LogP contribution in [-0.4, -0.2) is 20.2 Å². The molecule has 4 aromatic rings. The summed E-state index contributed by atoms with van der Waals surface area (Å²) < 4.78 is 5.41.